The van der Waals surface area contributed by atoms with Gasteiger partial charge < -0.3 is 15.2 Å². The third-order valence-corrected chi connectivity index (χ3v) is 9.27. The van der Waals surface area contributed by atoms with Crippen molar-refractivity contribution in [2.45, 2.75) is 49.9 Å². The molecule has 208 valence electrons. The Morgan fingerprint density at radius 1 is 0.925 bits per heavy atom. The largest absolute Gasteiger partial charge is 0.341 e. The normalized spacial score (nSPS) is 15.2. The number of hydrogen-bond acceptors (Lipinski definition) is 4. The topological polar surface area (TPSA) is 64.2 Å². The lowest BCUT2D eigenvalue weighted by Crippen LogP contribution is -2.47. The number of thioether (sulfide) groups is 1. The number of nitrogens with zero attached hydrogens (tertiary/aromatic N) is 3. The quantitative estimate of drug-likeness (QED) is 0.175. The molecule has 6 heteroatoms. The maximum absolute atomic E-state index is 12.9. The van der Waals surface area contributed by atoms with E-state index in [0.29, 0.717) is 6.42 Å². The molecule has 4 aromatic rings. The van der Waals surface area contributed by atoms with E-state index in [2.05, 4.69) is 109 Å². The SMILES string of the molecule is CCC1CCN(C(=O)[C@@H](N)CCSCc2cn(C(c3ccccc3)(c3ccccc3)c3ccccc3)cn2)CC1. The zero-order valence-corrected chi connectivity index (χ0v) is 24.2. The molecule has 0 bridgehead atoms. The molecule has 0 aliphatic carbocycles. The van der Waals surface area contributed by atoms with Crippen LogP contribution < -0.4 is 5.73 Å². The molecule has 0 saturated carbocycles. The standard InChI is InChI=1S/C34H40N4OS/c1-2-27-18-21-37(22-19-27)33(39)32(35)20-23-40-25-31-24-38(26-36-31)34(28-12-6-3-7-13-28,29-14-8-4-9-15-29)30-16-10-5-11-17-30/h3-17,24,26-27,32H,2,18-23,25,35H2,1H3/t32-/m0/s1. The molecule has 1 atom stereocenters. The molecule has 0 radical (unpaired) electrons. The van der Waals surface area contributed by atoms with Gasteiger partial charge in [-0.3, -0.25) is 4.79 Å². The molecule has 3 aromatic carbocycles. The van der Waals surface area contributed by atoms with Crippen molar-refractivity contribution in [3.05, 3.63) is 126 Å². The minimum atomic E-state index is -0.556. The first-order valence-corrected chi connectivity index (χ1v) is 15.6. The molecule has 0 spiro atoms. The van der Waals surface area contributed by atoms with E-state index < -0.39 is 11.6 Å². The summed E-state index contributed by atoms with van der Waals surface area (Å²) in [6.07, 6.45) is 8.20. The van der Waals surface area contributed by atoms with Crippen molar-refractivity contribution in [2.75, 3.05) is 18.8 Å². The molecular formula is C34H40N4OS. The van der Waals surface area contributed by atoms with Crippen LogP contribution in [0.5, 0.6) is 0 Å². The molecule has 1 amide bonds. The summed E-state index contributed by atoms with van der Waals surface area (Å²) in [7, 11) is 0. The third-order valence-electron chi connectivity index (χ3n) is 8.24. The first kappa shape index (κ1) is 28.2. The fourth-order valence-electron chi connectivity index (χ4n) is 5.91. The van der Waals surface area contributed by atoms with E-state index in [1.165, 1.54) is 23.1 Å². The Bertz CT molecular complexity index is 1240. The highest BCUT2D eigenvalue weighted by Crippen LogP contribution is 2.40. The van der Waals surface area contributed by atoms with Crippen LogP contribution in [-0.4, -0.2) is 45.2 Å². The Kier molecular flexibility index (Phi) is 9.40. The van der Waals surface area contributed by atoms with Gasteiger partial charge in [0, 0.05) is 25.0 Å². The van der Waals surface area contributed by atoms with Crippen molar-refractivity contribution in [1.82, 2.24) is 14.5 Å². The fourth-order valence-corrected chi connectivity index (χ4v) is 6.84. The van der Waals surface area contributed by atoms with Gasteiger partial charge in [-0.25, -0.2) is 4.98 Å². The summed E-state index contributed by atoms with van der Waals surface area (Å²) < 4.78 is 2.25. The van der Waals surface area contributed by atoms with Gasteiger partial charge in [-0.05, 0) is 47.6 Å². The van der Waals surface area contributed by atoms with Crippen molar-refractivity contribution in [3.63, 3.8) is 0 Å². The Labute approximate surface area is 242 Å². The van der Waals surface area contributed by atoms with E-state index in [1.807, 2.05) is 11.2 Å². The molecule has 1 fully saturated rings. The molecular weight excluding hydrogens is 512 g/mol. The van der Waals surface area contributed by atoms with E-state index in [1.54, 1.807) is 11.8 Å². The van der Waals surface area contributed by atoms with Crippen molar-refractivity contribution in [2.24, 2.45) is 11.7 Å². The van der Waals surface area contributed by atoms with E-state index in [4.69, 9.17) is 10.7 Å². The summed E-state index contributed by atoms with van der Waals surface area (Å²) in [6.45, 7) is 3.93. The summed E-state index contributed by atoms with van der Waals surface area (Å²) in [5.41, 5.74) is 10.3. The van der Waals surface area contributed by atoms with Crippen LogP contribution in [0.25, 0.3) is 0 Å². The Balaban J connectivity index is 1.30. The second kappa shape index (κ2) is 13.3. The van der Waals surface area contributed by atoms with Crippen molar-refractivity contribution < 1.29 is 4.79 Å². The third kappa shape index (κ3) is 6.03. The zero-order chi connectivity index (χ0) is 27.8. The molecule has 0 unspecified atom stereocenters. The second-order valence-electron chi connectivity index (χ2n) is 10.7. The molecule has 40 heavy (non-hydrogen) atoms. The number of carbonyl (C=O) groups excluding carboxylic acids is 1. The number of benzene rings is 3. The van der Waals surface area contributed by atoms with Crippen molar-refractivity contribution in [3.8, 4) is 0 Å². The Morgan fingerprint density at radius 3 is 1.95 bits per heavy atom. The fraction of sp³-hybridized carbons (Fsp3) is 0.353. The van der Waals surface area contributed by atoms with Gasteiger partial charge in [0.15, 0.2) is 0 Å². The van der Waals surface area contributed by atoms with Crippen molar-refractivity contribution in [1.29, 1.82) is 0 Å². The van der Waals surface area contributed by atoms with E-state index in [0.717, 1.165) is 49.0 Å². The molecule has 1 aliphatic heterocycles. The van der Waals surface area contributed by atoms with Gasteiger partial charge in [0.25, 0.3) is 0 Å². The number of nitrogens with two attached hydrogens (primary N) is 1. The predicted octanol–water partition coefficient (Wildman–Crippen LogP) is 6.32. The van der Waals surface area contributed by atoms with E-state index >= 15 is 0 Å². The van der Waals surface area contributed by atoms with Gasteiger partial charge in [-0.15, -0.1) is 0 Å². The maximum atomic E-state index is 12.9. The monoisotopic (exact) mass is 552 g/mol. The average Bonchev–Trinajstić information content (AvgIpc) is 3.50. The smallest absolute Gasteiger partial charge is 0.239 e. The van der Waals surface area contributed by atoms with Crippen LogP contribution in [0.2, 0.25) is 0 Å². The van der Waals surface area contributed by atoms with Crippen LogP contribution >= 0.6 is 11.8 Å². The summed E-state index contributed by atoms with van der Waals surface area (Å²) in [5.74, 6) is 2.45. The van der Waals surface area contributed by atoms with Gasteiger partial charge >= 0.3 is 0 Å². The average molecular weight is 553 g/mol. The van der Waals surface area contributed by atoms with Crippen LogP contribution in [0.4, 0.5) is 0 Å². The first-order chi connectivity index (χ1) is 19.6. The van der Waals surface area contributed by atoms with Crippen LogP contribution in [0.15, 0.2) is 104 Å². The molecule has 2 N–H and O–H groups in total. The van der Waals surface area contributed by atoms with Crippen LogP contribution in [-0.2, 0) is 16.1 Å². The minimum Gasteiger partial charge on any atom is -0.341 e. The number of imidazole rings is 1. The van der Waals surface area contributed by atoms with Gasteiger partial charge in [0.05, 0.1) is 18.1 Å². The summed E-state index contributed by atoms with van der Waals surface area (Å²) in [5, 5.41) is 0. The summed E-state index contributed by atoms with van der Waals surface area (Å²) in [4.78, 5) is 19.7. The minimum absolute atomic E-state index is 0.109. The number of carbonyl (C=O) groups is 1. The number of rotatable bonds is 11. The molecule has 5 rings (SSSR count). The zero-order valence-electron chi connectivity index (χ0n) is 23.4. The van der Waals surface area contributed by atoms with Gasteiger partial charge in [-0.1, -0.05) is 104 Å². The van der Waals surface area contributed by atoms with Crippen LogP contribution in [0.3, 0.4) is 0 Å². The summed E-state index contributed by atoms with van der Waals surface area (Å²) in [6, 6.07) is 31.5. The highest BCUT2D eigenvalue weighted by Gasteiger charge is 2.38. The predicted molar refractivity (Wildman–Crippen MR) is 165 cm³/mol. The molecule has 1 saturated heterocycles. The highest BCUT2D eigenvalue weighted by atomic mass is 32.2. The van der Waals surface area contributed by atoms with Gasteiger partial charge in [-0.2, -0.15) is 11.8 Å². The molecule has 5 nitrogen and oxygen atoms in total. The van der Waals surface area contributed by atoms with Gasteiger partial charge in [0.1, 0.15) is 5.54 Å². The lowest BCUT2D eigenvalue weighted by molar-refractivity contribution is -0.134. The lowest BCUT2D eigenvalue weighted by Gasteiger charge is -2.37. The number of hydrogen-bond donors (Lipinski definition) is 1. The summed E-state index contributed by atoms with van der Waals surface area (Å²) >= 11 is 1.79. The number of aromatic nitrogens is 2. The lowest BCUT2D eigenvalue weighted by atomic mass is 9.77. The molecule has 2 heterocycles. The Morgan fingerprint density at radius 2 is 1.45 bits per heavy atom. The number of piperidine rings is 1. The van der Waals surface area contributed by atoms with E-state index in [9.17, 15) is 4.79 Å². The van der Waals surface area contributed by atoms with Crippen LogP contribution in [0.1, 0.15) is 55.0 Å². The van der Waals surface area contributed by atoms with E-state index in [-0.39, 0.29) is 5.91 Å². The Hall–Kier alpha value is -3.35. The number of amides is 1. The number of likely N-dealkylation sites (tertiary alicyclic amines) is 1. The molecule has 1 aromatic heterocycles. The second-order valence-corrected chi connectivity index (χ2v) is 11.8. The molecule has 1 aliphatic rings. The van der Waals surface area contributed by atoms with Crippen molar-refractivity contribution >= 4 is 17.7 Å². The maximum Gasteiger partial charge on any atom is 0.239 e. The first-order valence-electron chi connectivity index (χ1n) is 14.4. The van der Waals surface area contributed by atoms with Crippen LogP contribution in [0, 0.1) is 5.92 Å². The van der Waals surface area contributed by atoms with Gasteiger partial charge in [0.2, 0.25) is 5.91 Å². The highest BCUT2D eigenvalue weighted by molar-refractivity contribution is 7.98.